The Hall–Kier alpha value is -7.59. The summed E-state index contributed by atoms with van der Waals surface area (Å²) in [6.45, 7) is 6.35. The first-order chi connectivity index (χ1) is 33.4. The predicted octanol–water partition coefficient (Wildman–Crippen LogP) is 2.16. The van der Waals surface area contributed by atoms with E-state index >= 15 is 4.39 Å². The maximum Gasteiger partial charge on any atom is 0.410 e. The summed E-state index contributed by atoms with van der Waals surface area (Å²) >= 11 is 0. The molecule has 70 heavy (non-hydrogen) atoms. The number of nitrogens with two attached hydrogens (primary N) is 1. The van der Waals surface area contributed by atoms with Gasteiger partial charge in [-0.05, 0) is 68.4 Å². The van der Waals surface area contributed by atoms with Crippen molar-refractivity contribution in [2.45, 2.75) is 97.4 Å². The molecule has 23 heteroatoms. The van der Waals surface area contributed by atoms with Crippen LogP contribution in [0.3, 0.4) is 0 Å². The second-order valence-electron chi connectivity index (χ2n) is 17.3. The Labute approximate surface area is 402 Å². The summed E-state index contributed by atoms with van der Waals surface area (Å²) in [7, 11) is 0. The molecule has 378 valence electrons. The second-order valence-corrected chi connectivity index (χ2v) is 17.3. The largest absolute Gasteiger partial charge is 0.477 e. The molecule has 5 rings (SSSR count). The average Bonchev–Trinajstić information content (AvgIpc) is 3.65. The molecule has 3 heterocycles. The van der Waals surface area contributed by atoms with E-state index in [1.807, 2.05) is 0 Å². The van der Waals surface area contributed by atoms with E-state index < -0.39 is 77.2 Å². The van der Waals surface area contributed by atoms with Crippen LogP contribution in [0, 0.1) is 11.7 Å². The molecule has 0 spiro atoms. The standard InChI is InChI=1S/C47H61FN10O12/c1-4-55-26-32(45(66)67)42(63)31-23-33(48)36(24-35(31)55)56-19-21-57(22-20-56)47(69)70-27-29-11-13-30(14-12-29)52-43(64)34(9-8-17-50-46(49)68)53-44(65)41(28(2)3)54-38(60)25-51-37(59)10-6-5-7-18-58-39(61)15-16-40(58)62/h11-14,23-24,26,28,34,41H,4-10,15-22,25,27H2,1-3H3,(H,51,59)(H,52,64)(H,53,65)(H,54,60)(H,66,67)(H3,49,50,68)/t34-,41-/m0/s1. The molecule has 2 aliphatic heterocycles. The highest BCUT2D eigenvalue weighted by molar-refractivity contribution is 6.02. The first-order valence-electron chi connectivity index (χ1n) is 23.3. The number of likely N-dealkylation sites (tertiary alicyclic amines) is 1. The van der Waals surface area contributed by atoms with Crippen molar-refractivity contribution in [2.24, 2.45) is 11.7 Å². The van der Waals surface area contributed by atoms with E-state index in [-0.39, 0.29) is 100 Å². The number of benzene rings is 2. The number of pyridine rings is 1. The fourth-order valence-electron chi connectivity index (χ4n) is 8.01. The molecular weight excluding hydrogens is 916 g/mol. The van der Waals surface area contributed by atoms with E-state index in [0.29, 0.717) is 49.1 Å². The molecular formula is C47H61FN10O12. The lowest BCUT2D eigenvalue weighted by Crippen LogP contribution is -2.55. The zero-order valence-electron chi connectivity index (χ0n) is 39.5. The molecule has 9 amide bonds. The van der Waals surface area contributed by atoms with Gasteiger partial charge in [0.25, 0.3) is 0 Å². The van der Waals surface area contributed by atoms with Crippen LogP contribution in [0.1, 0.15) is 88.1 Å². The number of ether oxygens (including phenoxy) is 1. The van der Waals surface area contributed by atoms with Crippen LogP contribution in [-0.4, -0.2) is 131 Å². The summed E-state index contributed by atoms with van der Waals surface area (Å²) in [5.41, 5.74) is 5.50. The number of halogens is 1. The molecule has 1 aromatic heterocycles. The number of anilines is 2. The van der Waals surface area contributed by atoms with Crippen molar-refractivity contribution in [1.29, 1.82) is 0 Å². The lowest BCUT2D eigenvalue weighted by molar-refractivity contribution is -0.138. The predicted molar refractivity (Wildman–Crippen MR) is 253 cm³/mol. The molecule has 0 saturated carbocycles. The van der Waals surface area contributed by atoms with Gasteiger partial charge in [-0.3, -0.25) is 38.5 Å². The van der Waals surface area contributed by atoms with Gasteiger partial charge in [0.05, 0.1) is 17.7 Å². The van der Waals surface area contributed by atoms with Crippen molar-refractivity contribution in [2.75, 3.05) is 56.0 Å². The maximum atomic E-state index is 15.4. The number of aromatic carboxylic acids is 1. The number of primary amides is 1. The summed E-state index contributed by atoms with van der Waals surface area (Å²) in [4.78, 5) is 129. The fraction of sp³-hybridized carbons (Fsp3) is 0.489. The van der Waals surface area contributed by atoms with Crippen LogP contribution in [0.2, 0.25) is 0 Å². The van der Waals surface area contributed by atoms with Crippen LogP contribution >= 0.6 is 0 Å². The van der Waals surface area contributed by atoms with Crippen molar-refractivity contribution in [3.63, 3.8) is 0 Å². The fourth-order valence-corrected chi connectivity index (χ4v) is 8.01. The molecule has 3 aromatic rings. The van der Waals surface area contributed by atoms with Crippen LogP contribution in [0.4, 0.5) is 25.4 Å². The number of unbranched alkanes of at least 4 members (excludes halogenated alkanes) is 2. The Morgan fingerprint density at radius 2 is 1.53 bits per heavy atom. The molecule has 0 bridgehead atoms. The number of carboxylic acid groups (broad SMARTS) is 1. The number of carboxylic acids is 1. The van der Waals surface area contributed by atoms with Crippen LogP contribution in [-0.2, 0) is 46.7 Å². The maximum absolute atomic E-state index is 15.4. The van der Waals surface area contributed by atoms with Gasteiger partial charge in [0, 0.05) is 82.3 Å². The zero-order valence-corrected chi connectivity index (χ0v) is 39.5. The van der Waals surface area contributed by atoms with E-state index in [2.05, 4.69) is 26.6 Å². The van der Waals surface area contributed by atoms with Crippen LogP contribution in [0.5, 0.6) is 0 Å². The number of carbonyl (C=O) groups is 9. The van der Waals surface area contributed by atoms with Crippen LogP contribution < -0.4 is 42.6 Å². The minimum absolute atomic E-state index is 0.0440. The van der Waals surface area contributed by atoms with Crippen molar-refractivity contribution < 1.29 is 57.4 Å². The average molecular weight is 977 g/mol. The number of aryl methyl sites for hydroxylation is 1. The zero-order chi connectivity index (χ0) is 51.1. The minimum atomic E-state index is -1.40. The van der Waals surface area contributed by atoms with Gasteiger partial charge in [0.15, 0.2) is 0 Å². The number of piperazine rings is 1. The monoisotopic (exact) mass is 976 g/mol. The number of urea groups is 1. The van der Waals surface area contributed by atoms with Gasteiger partial charge in [-0.2, -0.15) is 0 Å². The Kier molecular flexibility index (Phi) is 19.2. The Morgan fingerprint density at radius 1 is 0.843 bits per heavy atom. The molecule has 0 aliphatic carbocycles. The van der Waals surface area contributed by atoms with Gasteiger partial charge in [-0.1, -0.05) is 32.4 Å². The Morgan fingerprint density at radius 3 is 2.16 bits per heavy atom. The highest BCUT2D eigenvalue weighted by atomic mass is 19.1. The molecule has 8 N–H and O–H groups in total. The number of aromatic nitrogens is 1. The second kappa shape index (κ2) is 25.1. The van der Waals surface area contributed by atoms with Gasteiger partial charge in [-0.15, -0.1) is 0 Å². The molecule has 22 nitrogen and oxygen atoms in total. The lowest BCUT2D eigenvalue weighted by atomic mass is 10.0. The quantitative estimate of drug-likeness (QED) is 0.0530. The number of hydrogen-bond acceptors (Lipinski definition) is 12. The molecule has 0 radical (unpaired) electrons. The highest BCUT2D eigenvalue weighted by Crippen LogP contribution is 2.27. The topological polar surface area (TPSA) is 301 Å². The third-order valence-electron chi connectivity index (χ3n) is 11.9. The third-order valence-corrected chi connectivity index (χ3v) is 11.9. The van der Waals surface area contributed by atoms with E-state index in [1.54, 1.807) is 54.5 Å². The number of fused-ring (bicyclic) bond motifs is 1. The normalized spacial score (nSPS) is 14.6. The van der Waals surface area contributed by atoms with Crippen molar-refractivity contribution in [1.82, 2.24) is 35.6 Å². The number of carbonyl (C=O) groups excluding carboxylic acids is 8. The summed E-state index contributed by atoms with van der Waals surface area (Å²) in [5, 5.41) is 22.4. The van der Waals surface area contributed by atoms with Gasteiger partial charge in [-0.25, -0.2) is 18.8 Å². The summed E-state index contributed by atoms with van der Waals surface area (Å²) in [5.74, 6) is -5.18. The Balaban J connectivity index is 1.09. The van der Waals surface area contributed by atoms with Gasteiger partial charge >= 0.3 is 18.1 Å². The van der Waals surface area contributed by atoms with Crippen molar-refractivity contribution in [3.05, 3.63) is 69.8 Å². The minimum Gasteiger partial charge on any atom is -0.477 e. The number of imide groups is 1. The van der Waals surface area contributed by atoms with Gasteiger partial charge in [0.2, 0.25) is 40.9 Å². The summed E-state index contributed by atoms with van der Waals surface area (Å²) in [6.07, 6.45) is 3.17. The number of hydrogen-bond donors (Lipinski definition) is 7. The van der Waals surface area contributed by atoms with Crippen molar-refractivity contribution >= 4 is 75.8 Å². The number of nitrogens with zero attached hydrogens (tertiary/aromatic N) is 4. The first kappa shape index (κ1) is 53.4. The van der Waals surface area contributed by atoms with Gasteiger partial charge in [0.1, 0.15) is 30.1 Å². The Bertz CT molecular complexity index is 2490. The first-order valence-corrected chi connectivity index (χ1v) is 23.3. The number of nitrogens with one attached hydrogen (secondary N) is 5. The molecule has 2 aliphatic rings. The van der Waals surface area contributed by atoms with Crippen molar-refractivity contribution in [3.8, 4) is 0 Å². The van der Waals surface area contributed by atoms with Crippen LogP contribution in [0.25, 0.3) is 10.9 Å². The summed E-state index contributed by atoms with van der Waals surface area (Å²) in [6, 6.07) is 6.02. The molecule has 0 unspecified atom stereocenters. The van der Waals surface area contributed by atoms with E-state index in [1.165, 1.54) is 22.1 Å². The van der Waals surface area contributed by atoms with E-state index in [0.717, 1.165) is 6.07 Å². The van der Waals surface area contributed by atoms with E-state index in [4.69, 9.17) is 10.5 Å². The lowest BCUT2D eigenvalue weighted by Gasteiger charge is -2.35. The number of amides is 9. The SMILES string of the molecule is CCn1cc(C(=O)O)c(=O)c2cc(F)c(N3CCN(C(=O)OCc4ccc(NC(=O)[C@H](CCCNC(N)=O)NC(=O)[C@@H](NC(=O)CNC(=O)CCCCCN5C(=O)CCC5=O)C(C)C)cc4)CC3)cc21. The highest BCUT2D eigenvalue weighted by Gasteiger charge is 2.31. The third kappa shape index (κ3) is 14.7. The molecule has 2 atom stereocenters. The van der Waals surface area contributed by atoms with E-state index in [9.17, 15) is 53.1 Å². The molecule has 2 saturated heterocycles. The number of rotatable bonds is 23. The molecule has 2 fully saturated rings. The van der Waals surface area contributed by atoms with Gasteiger partial charge < -0.3 is 56.5 Å². The summed E-state index contributed by atoms with van der Waals surface area (Å²) < 4.78 is 22.5. The molecule has 2 aromatic carbocycles. The van der Waals surface area contributed by atoms with Crippen LogP contribution in [0.15, 0.2) is 47.4 Å². The smallest absolute Gasteiger partial charge is 0.410 e.